The molecule has 5 rings (SSSR count). The van der Waals surface area contributed by atoms with E-state index in [0.717, 1.165) is 18.4 Å². The predicted molar refractivity (Wildman–Crippen MR) is 154 cm³/mol. The second-order valence-corrected chi connectivity index (χ2v) is 13.5. The van der Waals surface area contributed by atoms with Gasteiger partial charge in [0.05, 0.1) is 29.2 Å². The van der Waals surface area contributed by atoms with Crippen molar-refractivity contribution in [2.45, 2.75) is 68.7 Å². The number of benzene rings is 1. The van der Waals surface area contributed by atoms with Crippen LogP contribution < -0.4 is 0 Å². The Labute approximate surface area is 236 Å². The van der Waals surface area contributed by atoms with Crippen molar-refractivity contribution in [3.8, 4) is 0 Å². The minimum atomic E-state index is -0.894. The lowest BCUT2D eigenvalue weighted by Gasteiger charge is -2.41. The van der Waals surface area contributed by atoms with Gasteiger partial charge < -0.3 is 19.8 Å². The largest absolute Gasteiger partial charge is 0.394 e. The number of carbonyl (C=O) groups excluding carboxylic acids is 3. The van der Waals surface area contributed by atoms with Crippen molar-refractivity contribution in [3.05, 3.63) is 60.2 Å². The third kappa shape index (κ3) is 4.44. The Morgan fingerprint density at radius 2 is 1.67 bits per heavy atom. The van der Waals surface area contributed by atoms with E-state index in [9.17, 15) is 19.5 Å². The molecule has 1 aromatic rings. The molecule has 7 nitrogen and oxygen atoms in total. The fourth-order valence-electron chi connectivity index (χ4n) is 7.15. The van der Waals surface area contributed by atoms with Gasteiger partial charge in [-0.05, 0) is 24.8 Å². The van der Waals surface area contributed by atoms with Crippen LogP contribution in [0.25, 0.3) is 0 Å². The van der Waals surface area contributed by atoms with E-state index in [2.05, 4.69) is 32.1 Å². The molecule has 0 aromatic heterocycles. The summed E-state index contributed by atoms with van der Waals surface area (Å²) >= 11 is 1.60. The van der Waals surface area contributed by atoms with Gasteiger partial charge in [0.15, 0.2) is 0 Å². The molecule has 2 fully saturated rings. The molecule has 39 heavy (non-hydrogen) atoms. The van der Waals surface area contributed by atoms with Gasteiger partial charge >= 0.3 is 0 Å². The lowest BCUT2D eigenvalue weighted by Crippen LogP contribution is -2.58. The Bertz CT molecular complexity index is 1170. The van der Waals surface area contributed by atoms with Crippen molar-refractivity contribution in [2.75, 3.05) is 26.2 Å². The van der Waals surface area contributed by atoms with Gasteiger partial charge in [0, 0.05) is 30.9 Å². The summed E-state index contributed by atoms with van der Waals surface area (Å²) in [5.41, 5.74) is 1.02. The number of hydrogen-bond acceptors (Lipinski definition) is 5. The van der Waals surface area contributed by atoms with Gasteiger partial charge in [-0.1, -0.05) is 81.8 Å². The van der Waals surface area contributed by atoms with Crippen molar-refractivity contribution < 1.29 is 19.5 Å². The highest BCUT2D eigenvalue weighted by Crippen LogP contribution is 2.66. The molecule has 1 N–H and O–H groups in total. The number of aliphatic hydroxyl groups excluding tert-OH is 1. The third-order valence-electron chi connectivity index (χ3n) is 9.22. The van der Waals surface area contributed by atoms with Crippen LogP contribution >= 0.6 is 11.8 Å². The zero-order chi connectivity index (χ0) is 27.9. The topological polar surface area (TPSA) is 81.2 Å². The van der Waals surface area contributed by atoms with Crippen molar-refractivity contribution in [3.63, 3.8) is 0 Å². The molecule has 1 aromatic carbocycles. The highest BCUT2D eigenvalue weighted by molar-refractivity contribution is 8.02. The van der Waals surface area contributed by atoms with E-state index in [4.69, 9.17) is 0 Å². The fraction of sp³-hybridized carbons (Fsp3) is 0.581. The summed E-state index contributed by atoms with van der Waals surface area (Å²) in [4.78, 5) is 48.7. The average molecular weight is 552 g/mol. The standard InChI is InChI=1S/C31H41N3O4S/c1-5-16-32-17-10-14-30(4)24(27(32)36)25-28(37)34(23(20-35)21(3)6-2)26-29(38)33(18-11-15-31(25,26)39-30)19-22-12-8-7-9-13-22/h7-15,21,23-26,35H,5-6,16-20H2,1-4H3/t21-,23-,24-,25-,26?,30+,31-/m0/s1. The summed E-state index contributed by atoms with van der Waals surface area (Å²) in [7, 11) is 0. The van der Waals surface area contributed by atoms with E-state index in [-0.39, 0.29) is 30.2 Å². The lowest BCUT2D eigenvalue weighted by atomic mass is 9.74. The number of rotatable bonds is 8. The number of nitrogens with zero attached hydrogens (tertiary/aromatic N) is 3. The molecule has 2 saturated heterocycles. The fourth-order valence-corrected chi connectivity index (χ4v) is 9.29. The molecular formula is C31H41N3O4S. The van der Waals surface area contributed by atoms with Gasteiger partial charge in [0.2, 0.25) is 17.7 Å². The SMILES string of the molecule is CCCN1CC=C[C@@]2(C)S[C@]34C=CCN(Cc5ccccc5)C(=O)C3N([C@@H](CO)[C@@H](C)CC)C(=O)[C@@H]4[C@H]2C1=O. The van der Waals surface area contributed by atoms with Crippen molar-refractivity contribution in [1.29, 1.82) is 0 Å². The Kier molecular flexibility index (Phi) is 7.72. The molecule has 0 radical (unpaired) electrons. The van der Waals surface area contributed by atoms with E-state index in [0.29, 0.717) is 26.2 Å². The molecule has 0 aliphatic carbocycles. The molecule has 0 saturated carbocycles. The lowest BCUT2D eigenvalue weighted by molar-refractivity contribution is -0.148. The summed E-state index contributed by atoms with van der Waals surface area (Å²) in [5.74, 6) is -1.57. The minimum absolute atomic E-state index is 0.00450. The van der Waals surface area contributed by atoms with E-state index in [1.54, 1.807) is 16.7 Å². The molecule has 4 heterocycles. The molecule has 210 valence electrons. The highest BCUT2D eigenvalue weighted by Gasteiger charge is 2.74. The molecule has 7 atom stereocenters. The zero-order valence-corrected chi connectivity index (χ0v) is 24.3. The first kappa shape index (κ1) is 28.0. The van der Waals surface area contributed by atoms with Crippen molar-refractivity contribution in [1.82, 2.24) is 14.7 Å². The number of aliphatic hydroxyl groups is 1. The Morgan fingerprint density at radius 1 is 0.974 bits per heavy atom. The van der Waals surface area contributed by atoms with Crippen LogP contribution in [0, 0.1) is 17.8 Å². The van der Waals surface area contributed by atoms with Crippen LogP contribution in [0.3, 0.4) is 0 Å². The van der Waals surface area contributed by atoms with Crippen LogP contribution in [0.1, 0.15) is 46.1 Å². The quantitative estimate of drug-likeness (QED) is 0.501. The molecule has 3 amide bonds. The smallest absolute Gasteiger partial charge is 0.247 e. The molecule has 4 aliphatic heterocycles. The van der Waals surface area contributed by atoms with E-state index < -0.39 is 33.4 Å². The van der Waals surface area contributed by atoms with Crippen molar-refractivity contribution in [2.24, 2.45) is 17.8 Å². The number of fused-ring (bicyclic) bond motifs is 2. The van der Waals surface area contributed by atoms with Gasteiger partial charge in [-0.3, -0.25) is 14.4 Å². The minimum Gasteiger partial charge on any atom is -0.394 e. The third-order valence-corrected chi connectivity index (χ3v) is 11.0. The van der Waals surface area contributed by atoms with E-state index in [1.165, 1.54) is 0 Å². The molecule has 0 bridgehead atoms. The molecule has 4 aliphatic rings. The maximum atomic E-state index is 14.6. The number of hydrogen-bond donors (Lipinski definition) is 1. The van der Waals surface area contributed by atoms with Gasteiger partial charge in [-0.2, -0.15) is 0 Å². The number of carbonyl (C=O) groups is 3. The highest BCUT2D eigenvalue weighted by atomic mass is 32.2. The summed E-state index contributed by atoms with van der Waals surface area (Å²) in [6.07, 6.45) is 9.82. The first-order valence-electron chi connectivity index (χ1n) is 14.3. The normalized spacial score (nSPS) is 33.5. The number of likely N-dealkylation sites (tertiary alicyclic amines) is 1. The first-order valence-corrected chi connectivity index (χ1v) is 15.1. The van der Waals surface area contributed by atoms with E-state index >= 15 is 0 Å². The molecular weight excluding hydrogens is 510 g/mol. The molecule has 8 heteroatoms. The van der Waals surface area contributed by atoms with Crippen LogP contribution in [0.4, 0.5) is 0 Å². The number of amides is 3. The van der Waals surface area contributed by atoms with E-state index in [1.807, 2.05) is 60.1 Å². The van der Waals surface area contributed by atoms with Crippen LogP contribution in [0.15, 0.2) is 54.6 Å². The monoisotopic (exact) mass is 551 g/mol. The second-order valence-electron chi connectivity index (χ2n) is 11.7. The predicted octanol–water partition coefficient (Wildman–Crippen LogP) is 3.49. The Balaban J connectivity index is 1.64. The van der Waals surface area contributed by atoms with Crippen LogP contribution in [0.2, 0.25) is 0 Å². The zero-order valence-electron chi connectivity index (χ0n) is 23.5. The van der Waals surface area contributed by atoms with Crippen LogP contribution in [-0.4, -0.2) is 85.3 Å². The summed E-state index contributed by atoms with van der Waals surface area (Å²) in [6, 6.07) is 8.59. The molecule has 1 spiro atoms. The second kappa shape index (κ2) is 10.8. The molecule has 1 unspecified atom stereocenters. The van der Waals surface area contributed by atoms with Gasteiger partial charge in [-0.25, -0.2) is 0 Å². The van der Waals surface area contributed by atoms with Gasteiger partial charge in [0.1, 0.15) is 6.04 Å². The Morgan fingerprint density at radius 3 is 2.33 bits per heavy atom. The first-order chi connectivity index (χ1) is 18.7. The summed E-state index contributed by atoms with van der Waals surface area (Å²) in [6.45, 7) is 9.97. The summed E-state index contributed by atoms with van der Waals surface area (Å²) < 4.78 is -1.51. The Hall–Kier alpha value is -2.58. The van der Waals surface area contributed by atoms with Gasteiger partial charge in [-0.15, -0.1) is 11.8 Å². The van der Waals surface area contributed by atoms with Crippen molar-refractivity contribution >= 4 is 29.5 Å². The maximum absolute atomic E-state index is 14.6. The van der Waals surface area contributed by atoms with Crippen LogP contribution in [-0.2, 0) is 20.9 Å². The van der Waals surface area contributed by atoms with Gasteiger partial charge in [0.25, 0.3) is 0 Å². The average Bonchev–Trinajstić information content (AvgIpc) is 3.20. The van der Waals surface area contributed by atoms with Crippen LogP contribution in [0.5, 0.6) is 0 Å². The maximum Gasteiger partial charge on any atom is 0.247 e. The summed E-state index contributed by atoms with van der Waals surface area (Å²) in [5, 5.41) is 10.6. The number of thioether (sulfide) groups is 1.